The number of carbonyl (C=O) groups excluding carboxylic acids is 2. The summed E-state index contributed by atoms with van der Waals surface area (Å²) < 4.78 is 5.76. The molecule has 8 nitrogen and oxygen atoms in total. The Balaban J connectivity index is 1.49. The van der Waals surface area contributed by atoms with Gasteiger partial charge in [-0.3, -0.25) is 4.79 Å². The lowest BCUT2D eigenvalue weighted by atomic mass is 10.1. The number of aryl methyl sites for hydroxylation is 2. The minimum absolute atomic E-state index is 0.0420. The van der Waals surface area contributed by atoms with Gasteiger partial charge in [-0.25, -0.2) is 4.79 Å². The quantitative estimate of drug-likeness (QED) is 0.647. The molecule has 1 saturated heterocycles. The number of amides is 2. The highest BCUT2D eigenvalue weighted by Gasteiger charge is 2.25. The van der Waals surface area contributed by atoms with Gasteiger partial charge in [0.05, 0.1) is 12.4 Å². The minimum atomic E-state index is -0.312. The number of rotatable bonds is 7. The largest absolute Gasteiger partial charge is 0.450 e. The molecule has 3 rings (SSSR count). The van der Waals surface area contributed by atoms with Gasteiger partial charge in [-0.2, -0.15) is 0 Å². The number of nitrogens with one attached hydrogen (secondary N) is 1. The molecule has 1 aromatic carbocycles. The molecule has 1 aromatic heterocycles. The van der Waals surface area contributed by atoms with Crippen LogP contribution in [0.2, 0.25) is 0 Å². The topological polar surface area (TPSA) is 87.7 Å². The van der Waals surface area contributed by atoms with E-state index in [2.05, 4.69) is 47.6 Å². The predicted octanol–water partition coefficient (Wildman–Crippen LogP) is 3.55. The Labute approximate surface area is 185 Å². The van der Waals surface area contributed by atoms with Crippen LogP contribution in [0.4, 0.5) is 15.6 Å². The van der Waals surface area contributed by atoms with Gasteiger partial charge >= 0.3 is 6.09 Å². The molecule has 1 N–H and O–H groups in total. The van der Waals surface area contributed by atoms with Gasteiger partial charge in [-0.15, -0.1) is 10.2 Å². The second-order valence-corrected chi connectivity index (χ2v) is 9.02. The van der Waals surface area contributed by atoms with E-state index in [1.165, 1.54) is 28.7 Å². The Morgan fingerprint density at radius 3 is 2.60 bits per heavy atom. The van der Waals surface area contributed by atoms with Crippen LogP contribution < -0.4 is 5.32 Å². The Morgan fingerprint density at radius 2 is 1.90 bits per heavy atom. The van der Waals surface area contributed by atoms with E-state index in [9.17, 15) is 9.59 Å². The molecule has 0 bridgehead atoms. The molecule has 30 heavy (non-hydrogen) atoms. The summed E-state index contributed by atoms with van der Waals surface area (Å²) in [6.07, 6.45) is 0.621. The molecule has 0 radical (unpaired) electrons. The van der Waals surface area contributed by atoms with Crippen molar-refractivity contribution in [1.29, 1.82) is 0 Å². The van der Waals surface area contributed by atoms with E-state index in [1.807, 2.05) is 0 Å². The number of ether oxygens (including phenoxy) is 1. The first-order valence-electron chi connectivity index (χ1n) is 10.0. The smallest absolute Gasteiger partial charge is 0.409 e. The van der Waals surface area contributed by atoms with E-state index < -0.39 is 0 Å². The number of carbonyl (C=O) groups is 2. The molecule has 2 aromatic rings. The summed E-state index contributed by atoms with van der Waals surface area (Å²) in [5.74, 6) is 0.346. The lowest BCUT2D eigenvalue weighted by Gasteiger charge is -2.33. The normalized spacial score (nSPS) is 14.0. The Hall–Kier alpha value is -2.33. The van der Waals surface area contributed by atoms with Gasteiger partial charge in [-0.05, 0) is 31.4 Å². The van der Waals surface area contributed by atoms with Crippen LogP contribution in [0.25, 0.3) is 0 Å². The van der Waals surface area contributed by atoms with Gasteiger partial charge in [0.1, 0.15) is 0 Å². The number of thioether (sulfide) groups is 1. The summed E-state index contributed by atoms with van der Waals surface area (Å²) in [7, 11) is 0. The van der Waals surface area contributed by atoms with Crippen LogP contribution in [0.1, 0.15) is 25.0 Å². The van der Waals surface area contributed by atoms with Gasteiger partial charge in [-0.1, -0.05) is 48.2 Å². The van der Waals surface area contributed by atoms with E-state index in [0.29, 0.717) is 38.5 Å². The van der Waals surface area contributed by atoms with Gasteiger partial charge in [0.25, 0.3) is 0 Å². The zero-order valence-electron chi connectivity index (χ0n) is 17.5. The summed E-state index contributed by atoms with van der Waals surface area (Å²) in [6, 6.07) is 6.23. The molecule has 0 atom stereocenters. The van der Waals surface area contributed by atoms with Gasteiger partial charge in [0.2, 0.25) is 11.0 Å². The van der Waals surface area contributed by atoms with E-state index in [-0.39, 0.29) is 12.0 Å². The molecule has 10 heteroatoms. The van der Waals surface area contributed by atoms with E-state index in [4.69, 9.17) is 4.74 Å². The summed E-state index contributed by atoms with van der Waals surface area (Å²) in [5, 5.41) is 12.5. The predicted molar refractivity (Wildman–Crippen MR) is 120 cm³/mol. The molecule has 1 aliphatic rings. The molecule has 1 aliphatic heterocycles. The van der Waals surface area contributed by atoms with Crippen LogP contribution >= 0.6 is 23.1 Å². The number of hydrogen-bond donors (Lipinski definition) is 1. The van der Waals surface area contributed by atoms with Crippen molar-refractivity contribution in [3.63, 3.8) is 0 Å². The Kier molecular flexibility index (Phi) is 7.92. The molecular weight excluding hydrogens is 422 g/mol. The third-order valence-electron chi connectivity index (χ3n) is 4.86. The molecule has 162 valence electrons. The van der Waals surface area contributed by atoms with Crippen molar-refractivity contribution in [3.05, 3.63) is 29.3 Å². The third kappa shape index (κ3) is 5.63. The number of piperazine rings is 1. The Morgan fingerprint density at radius 1 is 1.17 bits per heavy atom. The van der Waals surface area contributed by atoms with E-state index in [1.54, 1.807) is 16.7 Å². The first-order valence-corrected chi connectivity index (χ1v) is 11.8. The first kappa shape index (κ1) is 22.4. The standard InChI is InChI=1S/C20H27N5O3S2/c1-4-15-8-6-7-14(3)17(15)21-18-22-23-19(30-18)29-13-16(26)24-9-11-25(12-10-24)20(27)28-5-2/h6-8H,4-5,9-13H2,1-3H3,(H,21,22). The lowest BCUT2D eigenvalue weighted by molar-refractivity contribution is -0.129. The van der Waals surface area contributed by atoms with E-state index in [0.717, 1.165) is 27.1 Å². The highest BCUT2D eigenvalue weighted by Crippen LogP contribution is 2.30. The third-order valence-corrected chi connectivity index (χ3v) is 6.81. The van der Waals surface area contributed by atoms with Crippen molar-refractivity contribution in [3.8, 4) is 0 Å². The maximum absolute atomic E-state index is 12.5. The SMILES string of the molecule is CCOC(=O)N1CCN(C(=O)CSc2nnc(Nc3c(C)cccc3CC)s2)CC1. The van der Waals surface area contributed by atoms with Crippen LogP contribution in [0.5, 0.6) is 0 Å². The first-order chi connectivity index (χ1) is 14.5. The molecule has 0 spiro atoms. The van der Waals surface area contributed by atoms with Crippen molar-refractivity contribution >= 4 is 45.9 Å². The maximum atomic E-state index is 12.5. The Bertz CT molecular complexity index is 881. The number of benzene rings is 1. The summed E-state index contributed by atoms with van der Waals surface area (Å²) in [5.41, 5.74) is 3.47. The number of nitrogens with zero attached hydrogens (tertiary/aromatic N) is 4. The zero-order chi connectivity index (χ0) is 21.5. The van der Waals surface area contributed by atoms with Gasteiger partial charge in [0, 0.05) is 31.9 Å². The molecule has 2 heterocycles. The van der Waals surface area contributed by atoms with Crippen LogP contribution in [0.3, 0.4) is 0 Å². The number of hydrogen-bond acceptors (Lipinski definition) is 8. The highest BCUT2D eigenvalue weighted by molar-refractivity contribution is 8.01. The monoisotopic (exact) mass is 449 g/mol. The van der Waals surface area contributed by atoms with Crippen LogP contribution in [0.15, 0.2) is 22.5 Å². The van der Waals surface area contributed by atoms with Crippen molar-refractivity contribution < 1.29 is 14.3 Å². The zero-order valence-corrected chi connectivity index (χ0v) is 19.1. The van der Waals surface area contributed by atoms with Crippen molar-refractivity contribution in [2.45, 2.75) is 31.5 Å². The van der Waals surface area contributed by atoms with Gasteiger partial charge < -0.3 is 19.9 Å². The summed E-state index contributed by atoms with van der Waals surface area (Å²) in [4.78, 5) is 27.7. The molecule has 0 saturated carbocycles. The lowest BCUT2D eigenvalue weighted by Crippen LogP contribution is -2.51. The fraction of sp³-hybridized carbons (Fsp3) is 0.500. The molecule has 0 unspecified atom stereocenters. The average Bonchev–Trinajstić information content (AvgIpc) is 3.21. The second-order valence-electron chi connectivity index (χ2n) is 6.82. The summed E-state index contributed by atoms with van der Waals surface area (Å²) in [6.45, 7) is 8.38. The molecule has 2 amide bonds. The average molecular weight is 450 g/mol. The van der Waals surface area contributed by atoms with E-state index >= 15 is 0 Å². The second kappa shape index (κ2) is 10.6. The molecular formula is C20H27N5O3S2. The van der Waals surface area contributed by atoms with Crippen molar-refractivity contribution in [2.24, 2.45) is 0 Å². The van der Waals surface area contributed by atoms with Crippen LogP contribution in [-0.2, 0) is 16.0 Å². The van der Waals surface area contributed by atoms with Crippen LogP contribution in [-0.4, -0.2) is 70.5 Å². The highest BCUT2D eigenvalue weighted by atomic mass is 32.2. The van der Waals surface area contributed by atoms with Gasteiger partial charge in [0.15, 0.2) is 4.34 Å². The minimum Gasteiger partial charge on any atom is -0.450 e. The van der Waals surface area contributed by atoms with Crippen LogP contribution in [0, 0.1) is 6.92 Å². The number of para-hydroxylation sites is 1. The number of anilines is 2. The summed E-state index contributed by atoms with van der Waals surface area (Å²) >= 11 is 2.83. The van der Waals surface area contributed by atoms with Crippen molar-refractivity contribution in [2.75, 3.05) is 43.9 Å². The fourth-order valence-corrected chi connectivity index (χ4v) is 4.85. The maximum Gasteiger partial charge on any atom is 0.409 e. The fourth-order valence-electron chi connectivity index (χ4n) is 3.20. The molecule has 1 fully saturated rings. The number of aromatic nitrogens is 2. The van der Waals surface area contributed by atoms with Crippen molar-refractivity contribution in [1.82, 2.24) is 20.0 Å². The molecule has 0 aliphatic carbocycles.